The highest BCUT2D eigenvalue weighted by Gasteiger charge is 2.31. The largest absolute Gasteiger partial charge is 0.369 e. The molecule has 0 aliphatic carbocycles. The van der Waals surface area contributed by atoms with Gasteiger partial charge in [-0.3, -0.25) is 4.79 Å². The smallest absolute Gasteiger partial charge is 0.252 e. The van der Waals surface area contributed by atoms with E-state index in [1.807, 2.05) is 11.0 Å². The molecule has 1 aromatic rings. The molecule has 2 unspecified atom stereocenters. The first-order valence-corrected chi connectivity index (χ1v) is 8.37. The SMILES string of the molecule is CC(C)CCOC(C)C(=O)N1CCNCC1c1cccc(F)c1.Cl. The first-order valence-electron chi connectivity index (χ1n) is 8.37. The highest BCUT2D eigenvalue weighted by atomic mass is 35.5. The minimum Gasteiger partial charge on any atom is -0.369 e. The van der Waals surface area contributed by atoms with Gasteiger partial charge in [0.2, 0.25) is 0 Å². The molecule has 2 rings (SSSR count). The van der Waals surface area contributed by atoms with Gasteiger partial charge in [-0.2, -0.15) is 0 Å². The number of carbonyl (C=O) groups excluding carboxylic acids is 1. The summed E-state index contributed by atoms with van der Waals surface area (Å²) in [5, 5.41) is 3.28. The molecule has 6 heteroatoms. The van der Waals surface area contributed by atoms with Crippen LogP contribution in [-0.4, -0.2) is 43.2 Å². The van der Waals surface area contributed by atoms with Crippen LogP contribution in [0.15, 0.2) is 24.3 Å². The summed E-state index contributed by atoms with van der Waals surface area (Å²) >= 11 is 0. The fraction of sp³-hybridized carbons (Fsp3) is 0.611. The monoisotopic (exact) mass is 358 g/mol. The Hall–Kier alpha value is -1.17. The number of ether oxygens (including phenoxy) is 1. The zero-order chi connectivity index (χ0) is 16.8. The van der Waals surface area contributed by atoms with Crippen molar-refractivity contribution in [2.75, 3.05) is 26.2 Å². The third-order valence-corrected chi connectivity index (χ3v) is 4.17. The first-order chi connectivity index (χ1) is 11.0. The number of halogens is 2. The number of benzene rings is 1. The van der Waals surface area contributed by atoms with Crippen LogP contribution in [-0.2, 0) is 9.53 Å². The molecule has 136 valence electrons. The fourth-order valence-corrected chi connectivity index (χ4v) is 2.77. The van der Waals surface area contributed by atoms with E-state index in [9.17, 15) is 9.18 Å². The maximum atomic E-state index is 13.5. The maximum Gasteiger partial charge on any atom is 0.252 e. The summed E-state index contributed by atoms with van der Waals surface area (Å²) in [5.41, 5.74) is 0.819. The molecule has 1 aromatic carbocycles. The summed E-state index contributed by atoms with van der Waals surface area (Å²) in [6, 6.07) is 6.32. The van der Waals surface area contributed by atoms with Gasteiger partial charge in [-0.05, 0) is 37.0 Å². The van der Waals surface area contributed by atoms with Crippen molar-refractivity contribution in [1.82, 2.24) is 10.2 Å². The molecular formula is C18H28ClFN2O2. The van der Waals surface area contributed by atoms with E-state index in [-0.39, 0.29) is 30.2 Å². The van der Waals surface area contributed by atoms with Crippen molar-refractivity contribution in [1.29, 1.82) is 0 Å². The van der Waals surface area contributed by atoms with E-state index in [1.54, 1.807) is 13.0 Å². The van der Waals surface area contributed by atoms with E-state index in [0.717, 1.165) is 18.5 Å². The molecular weight excluding hydrogens is 331 g/mol. The lowest BCUT2D eigenvalue weighted by atomic mass is 10.0. The van der Waals surface area contributed by atoms with Gasteiger partial charge in [0.05, 0.1) is 6.04 Å². The molecule has 2 atom stereocenters. The standard InChI is InChI=1S/C18H27FN2O2.ClH/c1-13(2)7-10-23-14(3)18(22)21-9-8-20-12-17(21)15-5-4-6-16(19)11-15;/h4-6,11,13-14,17,20H,7-10,12H2,1-3H3;1H. The molecule has 1 saturated heterocycles. The number of nitrogens with zero attached hydrogens (tertiary/aromatic N) is 1. The van der Waals surface area contributed by atoms with Crippen LogP contribution in [0.4, 0.5) is 4.39 Å². The van der Waals surface area contributed by atoms with Gasteiger partial charge in [-0.25, -0.2) is 4.39 Å². The van der Waals surface area contributed by atoms with Gasteiger partial charge < -0.3 is 15.0 Å². The number of hydrogen-bond acceptors (Lipinski definition) is 3. The molecule has 24 heavy (non-hydrogen) atoms. The zero-order valence-electron chi connectivity index (χ0n) is 14.6. The van der Waals surface area contributed by atoms with Crippen molar-refractivity contribution in [2.24, 2.45) is 5.92 Å². The molecule has 1 aliphatic heterocycles. The van der Waals surface area contributed by atoms with Gasteiger partial charge in [0.25, 0.3) is 5.91 Å². The average molecular weight is 359 g/mol. The van der Waals surface area contributed by atoms with E-state index in [0.29, 0.717) is 25.6 Å². The lowest BCUT2D eigenvalue weighted by Crippen LogP contribution is -2.51. The Bertz CT molecular complexity index is 527. The quantitative estimate of drug-likeness (QED) is 0.849. The van der Waals surface area contributed by atoms with Crippen LogP contribution in [0.25, 0.3) is 0 Å². The fourth-order valence-electron chi connectivity index (χ4n) is 2.77. The number of rotatable bonds is 6. The number of hydrogen-bond donors (Lipinski definition) is 1. The summed E-state index contributed by atoms with van der Waals surface area (Å²) in [6.45, 7) is 8.63. The second-order valence-corrected chi connectivity index (χ2v) is 6.50. The lowest BCUT2D eigenvalue weighted by molar-refractivity contribution is -0.146. The van der Waals surface area contributed by atoms with Crippen LogP contribution in [0, 0.1) is 11.7 Å². The summed E-state index contributed by atoms with van der Waals surface area (Å²) in [4.78, 5) is 14.5. The average Bonchev–Trinajstić information content (AvgIpc) is 2.53. The summed E-state index contributed by atoms with van der Waals surface area (Å²) in [7, 11) is 0. The van der Waals surface area contributed by atoms with E-state index in [1.165, 1.54) is 12.1 Å². The molecule has 1 N–H and O–H groups in total. The third-order valence-electron chi connectivity index (χ3n) is 4.17. The number of piperazine rings is 1. The minimum atomic E-state index is -0.470. The van der Waals surface area contributed by atoms with Crippen LogP contribution in [0.3, 0.4) is 0 Å². The Balaban J connectivity index is 0.00000288. The van der Waals surface area contributed by atoms with E-state index < -0.39 is 6.10 Å². The van der Waals surface area contributed by atoms with Crippen LogP contribution in [0.2, 0.25) is 0 Å². The highest BCUT2D eigenvalue weighted by Crippen LogP contribution is 2.24. The van der Waals surface area contributed by atoms with Crippen molar-refractivity contribution in [2.45, 2.75) is 39.3 Å². The van der Waals surface area contributed by atoms with Crippen molar-refractivity contribution >= 4 is 18.3 Å². The van der Waals surface area contributed by atoms with Gasteiger partial charge >= 0.3 is 0 Å². The molecule has 0 bridgehead atoms. The van der Waals surface area contributed by atoms with E-state index in [2.05, 4.69) is 19.2 Å². The Morgan fingerprint density at radius 1 is 1.42 bits per heavy atom. The van der Waals surface area contributed by atoms with Crippen LogP contribution in [0.1, 0.15) is 38.8 Å². The summed E-state index contributed by atoms with van der Waals surface area (Å²) in [6.07, 6.45) is 0.467. The zero-order valence-corrected chi connectivity index (χ0v) is 15.4. The first kappa shape index (κ1) is 20.9. The normalized spacial score (nSPS) is 19.0. The van der Waals surface area contributed by atoms with Crippen molar-refractivity contribution in [3.8, 4) is 0 Å². The summed E-state index contributed by atoms with van der Waals surface area (Å²) in [5.74, 6) is 0.253. The number of nitrogens with one attached hydrogen (secondary N) is 1. The molecule has 1 amide bonds. The molecule has 1 aliphatic rings. The van der Waals surface area contributed by atoms with Gasteiger partial charge in [-0.15, -0.1) is 12.4 Å². The highest BCUT2D eigenvalue weighted by molar-refractivity contribution is 5.85. The second kappa shape index (κ2) is 9.97. The predicted octanol–water partition coefficient (Wildman–Crippen LogP) is 3.17. The molecule has 0 radical (unpaired) electrons. The van der Waals surface area contributed by atoms with Crippen molar-refractivity contribution in [3.63, 3.8) is 0 Å². The second-order valence-electron chi connectivity index (χ2n) is 6.50. The molecule has 0 spiro atoms. The van der Waals surface area contributed by atoms with Crippen LogP contribution < -0.4 is 5.32 Å². The molecule has 0 saturated carbocycles. The van der Waals surface area contributed by atoms with Crippen molar-refractivity contribution in [3.05, 3.63) is 35.6 Å². The van der Waals surface area contributed by atoms with E-state index in [4.69, 9.17) is 4.74 Å². The number of carbonyl (C=O) groups is 1. The molecule has 1 heterocycles. The summed E-state index contributed by atoms with van der Waals surface area (Å²) < 4.78 is 19.2. The van der Waals surface area contributed by atoms with Gasteiger partial charge in [0.15, 0.2) is 0 Å². The Labute approximate surface area is 150 Å². The van der Waals surface area contributed by atoms with Crippen molar-refractivity contribution < 1.29 is 13.9 Å². The lowest BCUT2D eigenvalue weighted by Gasteiger charge is -2.38. The van der Waals surface area contributed by atoms with Gasteiger partial charge in [-0.1, -0.05) is 26.0 Å². The van der Waals surface area contributed by atoms with Crippen LogP contribution in [0.5, 0.6) is 0 Å². The third kappa shape index (κ3) is 5.72. The number of amides is 1. The molecule has 1 fully saturated rings. The Kier molecular flexibility index (Phi) is 8.67. The Morgan fingerprint density at radius 3 is 2.83 bits per heavy atom. The topological polar surface area (TPSA) is 41.6 Å². The van der Waals surface area contributed by atoms with Gasteiger partial charge in [0, 0.05) is 26.2 Å². The van der Waals surface area contributed by atoms with Crippen LogP contribution >= 0.6 is 12.4 Å². The predicted molar refractivity (Wildman–Crippen MR) is 95.8 cm³/mol. The van der Waals surface area contributed by atoms with Gasteiger partial charge in [0.1, 0.15) is 11.9 Å². The molecule has 0 aromatic heterocycles. The Morgan fingerprint density at radius 2 is 2.17 bits per heavy atom. The minimum absolute atomic E-state index is 0. The molecule has 4 nitrogen and oxygen atoms in total. The van der Waals surface area contributed by atoms with E-state index >= 15 is 0 Å². The maximum absolute atomic E-state index is 13.5.